The van der Waals surface area contributed by atoms with Crippen molar-refractivity contribution < 1.29 is 13.9 Å². The van der Waals surface area contributed by atoms with E-state index in [2.05, 4.69) is 5.32 Å². The molecule has 1 fully saturated rings. The summed E-state index contributed by atoms with van der Waals surface area (Å²) >= 11 is 1.69. The summed E-state index contributed by atoms with van der Waals surface area (Å²) in [5, 5.41) is 3.36. The summed E-state index contributed by atoms with van der Waals surface area (Å²) in [6.45, 7) is 3.71. The zero-order chi connectivity index (χ0) is 11.5. The van der Waals surface area contributed by atoms with Crippen LogP contribution in [-0.4, -0.2) is 23.9 Å². The third kappa shape index (κ3) is 2.59. The topological polar surface area (TPSA) is 51.5 Å². The molecule has 1 saturated heterocycles. The Morgan fingerprint density at radius 3 is 3.12 bits per heavy atom. The Labute approximate surface area is 98.7 Å². The minimum absolute atomic E-state index is 0.0627. The van der Waals surface area contributed by atoms with Crippen LogP contribution in [0, 0.1) is 0 Å². The number of hydrogen-bond donors (Lipinski definition) is 1. The molecule has 0 amide bonds. The summed E-state index contributed by atoms with van der Waals surface area (Å²) in [4.78, 5) is 11.6. The van der Waals surface area contributed by atoms with Crippen LogP contribution in [0.4, 0.5) is 0 Å². The van der Waals surface area contributed by atoms with E-state index < -0.39 is 0 Å². The van der Waals surface area contributed by atoms with Gasteiger partial charge in [0.1, 0.15) is 6.04 Å². The Morgan fingerprint density at radius 1 is 1.69 bits per heavy atom. The Bertz CT molecular complexity index is 350. The van der Waals surface area contributed by atoms with E-state index in [0.717, 1.165) is 11.3 Å². The average molecular weight is 241 g/mol. The lowest BCUT2D eigenvalue weighted by atomic mass is 10.3. The van der Waals surface area contributed by atoms with Crippen LogP contribution in [0.15, 0.2) is 23.0 Å². The minimum atomic E-state index is -0.215. The molecule has 0 bridgehead atoms. The second-order valence-corrected chi connectivity index (χ2v) is 5.11. The highest BCUT2D eigenvalue weighted by atomic mass is 32.2. The van der Waals surface area contributed by atoms with Crippen LogP contribution < -0.4 is 5.32 Å². The fraction of sp³-hybridized carbons (Fsp3) is 0.545. The highest BCUT2D eigenvalue weighted by Crippen LogP contribution is 2.33. The van der Waals surface area contributed by atoms with E-state index >= 15 is 0 Å². The van der Waals surface area contributed by atoms with E-state index in [-0.39, 0.29) is 23.5 Å². The predicted molar refractivity (Wildman–Crippen MR) is 62.1 cm³/mol. The fourth-order valence-electron chi connectivity index (χ4n) is 1.54. The van der Waals surface area contributed by atoms with Crippen molar-refractivity contribution in [1.82, 2.24) is 5.32 Å². The van der Waals surface area contributed by atoms with E-state index in [1.807, 2.05) is 19.9 Å². The number of hydrogen-bond acceptors (Lipinski definition) is 5. The molecule has 1 aromatic heterocycles. The van der Waals surface area contributed by atoms with Crippen molar-refractivity contribution in [2.24, 2.45) is 0 Å². The molecule has 16 heavy (non-hydrogen) atoms. The summed E-state index contributed by atoms with van der Waals surface area (Å²) in [5.41, 5.74) is 1.06. The lowest BCUT2D eigenvalue weighted by molar-refractivity contribution is -0.149. The first-order valence-corrected chi connectivity index (χ1v) is 6.32. The van der Waals surface area contributed by atoms with Gasteiger partial charge >= 0.3 is 5.97 Å². The molecule has 2 heterocycles. The zero-order valence-corrected chi connectivity index (χ0v) is 10.1. The van der Waals surface area contributed by atoms with Gasteiger partial charge in [-0.3, -0.25) is 10.1 Å². The number of carbonyl (C=O) groups excluding carboxylic acids is 1. The van der Waals surface area contributed by atoms with Gasteiger partial charge < -0.3 is 9.15 Å². The molecule has 2 unspecified atom stereocenters. The van der Waals surface area contributed by atoms with Gasteiger partial charge in [0.15, 0.2) is 0 Å². The van der Waals surface area contributed by atoms with Gasteiger partial charge in [0.2, 0.25) is 0 Å². The quantitative estimate of drug-likeness (QED) is 0.819. The van der Waals surface area contributed by atoms with Crippen molar-refractivity contribution in [3.05, 3.63) is 24.2 Å². The lowest BCUT2D eigenvalue weighted by Gasteiger charge is -2.13. The van der Waals surface area contributed by atoms with E-state index in [1.54, 1.807) is 24.3 Å². The summed E-state index contributed by atoms with van der Waals surface area (Å²) < 4.78 is 10.2. The maximum Gasteiger partial charge on any atom is 0.324 e. The molecule has 1 aromatic rings. The number of furan rings is 1. The number of nitrogens with one attached hydrogen (secondary N) is 1. The van der Waals surface area contributed by atoms with Crippen LogP contribution >= 0.6 is 11.8 Å². The molecule has 1 N–H and O–H groups in total. The number of thioether (sulfide) groups is 1. The second kappa shape index (κ2) is 4.93. The molecule has 2 atom stereocenters. The van der Waals surface area contributed by atoms with Crippen LogP contribution in [0.3, 0.4) is 0 Å². The van der Waals surface area contributed by atoms with Gasteiger partial charge in [-0.1, -0.05) is 0 Å². The van der Waals surface area contributed by atoms with E-state index in [4.69, 9.17) is 9.15 Å². The molecule has 88 valence electrons. The SMILES string of the molecule is CC(C)OC(=O)C1CSC(c2ccoc2)N1. The van der Waals surface area contributed by atoms with E-state index in [9.17, 15) is 4.79 Å². The van der Waals surface area contributed by atoms with E-state index in [0.29, 0.717) is 0 Å². The molecule has 2 rings (SSSR count). The highest BCUT2D eigenvalue weighted by Gasteiger charge is 2.32. The highest BCUT2D eigenvalue weighted by molar-refractivity contribution is 7.99. The van der Waals surface area contributed by atoms with Gasteiger partial charge in [0.05, 0.1) is 24.0 Å². The van der Waals surface area contributed by atoms with Gasteiger partial charge in [-0.2, -0.15) is 0 Å². The van der Waals surface area contributed by atoms with Crippen LogP contribution in [0.1, 0.15) is 24.8 Å². The first-order chi connectivity index (χ1) is 7.66. The first kappa shape index (κ1) is 11.5. The van der Waals surface area contributed by atoms with Crippen LogP contribution in [-0.2, 0) is 9.53 Å². The number of esters is 1. The summed E-state index contributed by atoms with van der Waals surface area (Å²) in [5.74, 6) is 0.565. The Morgan fingerprint density at radius 2 is 2.50 bits per heavy atom. The molecular weight excluding hydrogens is 226 g/mol. The monoisotopic (exact) mass is 241 g/mol. The van der Waals surface area contributed by atoms with Crippen LogP contribution in [0.5, 0.6) is 0 Å². The van der Waals surface area contributed by atoms with Crippen LogP contribution in [0.25, 0.3) is 0 Å². The largest absolute Gasteiger partial charge is 0.472 e. The average Bonchev–Trinajstić information content (AvgIpc) is 2.87. The number of rotatable bonds is 3. The summed E-state index contributed by atoms with van der Waals surface area (Å²) in [7, 11) is 0. The molecule has 5 heteroatoms. The normalized spacial score (nSPS) is 24.9. The van der Waals surface area contributed by atoms with Gasteiger partial charge in [0, 0.05) is 11.3 Å². The molecule has 0 saturated carbocycles. The molecule has 0 radical (unpaired) electrons. The Hall–Kier alpha value is -0.940. The Kier molecular flexibility index (Phi) is 3.56. The summed E-state index contributed by atoms with van der Waals surface area (Å²) in [6.07, 6.45) is 3.27. The van der Waals surface area contributed by atoms with Crippen molar-refractivity contribution in [3.8, 4) is 0 Å². The standard InChI is InChI=1S/C11H15NO3S/c1-7(2)15-11(13)9-6-16-10(12-9)8-3-4-14-5-8/h3-5,7,9-10,12H,6H2,1-2H3. The molecule has 0 aromatic carbocycles. The van der Waals surface area contributed by atoms with E-state index in [1.165, 1.54) is 0 Å². The molecule has 4 nitrogen and oxygen atoms in total. The summed E-state index contributed by atoms with van der Waals surface area (Å²) in [6, 6.07) is 1.69. The molecule has 1 aliphatic rings. The van der Waals surface area contributed by atoms with Crippen molar-refractivity contribution in [3.63, 3.8) is 0 Å². The zero-order valence-electron chi connectivity index (χ0n) is 9.30. The maximum absolute atomic E-state index is 11.6. The minimum Gasteiger partial charge on any atom is -0.472 e. The van der Waals surface area contributed by atoms with Crippen molar-refractivity contribution in [2.45, 2.75) is 31.4 Å². The van der Waals surface area contributed by atoms with Gasteiger partial charge in [0.25, 0.3) is 0 Å². The first-order valence-electron chi connectivity index (χ1n) is 5.27. The van der Waals surface area contributed by atoms with Gasteiger partial charge in [-0.25, -0.2) is 0 Å². The number of carbonyl (C=O) groups is 1. The predicted octanol–water partition coefficient (Wildman–Crippen LogP) is 1.93. The molecule has 1 aliphatic heterocycles. The second-order valence-electron chi connectivity index (χ2n) is 3.97. The molecule has 0 aliphatic carbocycles. The van der Waals surface area contributed by atoms with Crippen molar-refractivity contribution >= 4 is 17.7 Å². The van der Waals surface area contributed by atoms with Crippen molar-refractivity contribution in [2.75, 3.05) is 5.75 Å². The van der Waals surface area contributed by atoms with Gasteiger partial charge in [-0.05, 0) is 19.9 Å². The lowest BCUT2D eigenvalue weighted by Crippen LogP contribution is -2.36. The van der Waals surface area contributed by atoms with Crippen molar-refractivity contribution in [1.29, 1.82) is 0 Å². The maximum atomic E-state index is 11.6. The smallest absolute Gasteiger partial charge is 0.324 e. The fourth-order valence-corrected chi connectivity index (χ4v) is 2.74. The third-order valence-electron chi connectivity index (χ3n) is 2.26. The third-order valence-corrected chi connectivity index (χ3v) is 3.53. The van der Waals surface area contributed by atoms with Gasteiger partial charge in [-0.15, -0.1) is 11.8 Å². The number of ether oxygens (including phenoxy) is 1. The van der Waals surface area contributed by atoms with Crippen LogP contribution in [0.2, 0.25) is 0 Å². The molecular formula is C11H15NO3S. The molecule has 0 spiro atoms. The Balaban J connectivity index is 1.91.